The summed E-state index contributed by atoms with van der Waals surface area (Å²) in [6.45, 7) is 1.85. The number of hydrogen-bond donors (Lipinski definition) is 2. The van der Waals surface area contributed by atoms with Gasteiger partial charge in [-0.2, -0.15) is 4.31 Å². The Labute approximate surface area is 188 Å². The molecule has 1 fully saturated rings. The summed E-state index contributed by atoms with van der Waals surface area (Å²) in [7, 11) is -3.50. The van der Waals surface area contributed by atoms with Gasteiger partial charge in [-0.3, -0.25) is 4.79 Å². The van der Waals surface area contributed by atoms with Gasteiger partial charge in [0, 0.05) is 44.0 Å². The molecule has 2 aromatic rings. The molecule has 2 N–H and O–H groups in total. The number of rotatable bonds is 6. The number of nitrogens with zero attached hydrogens (tertiary/aromatic N) is 2. The van der Waals surface area contributed by atoms with Gasteiger partial charge in [0.15, 0.2) is 0 Å². The van der Waals surface area contributed by atoms with Gasteiger partial charge in [0.25, 0.3) is 0 Å². The number of para-hydroxylation sites is 1. The summed E-state index contributed by atoms with van der Waals surface area (Å²) in [5, 5.41) is 5.40. The largest absolute Gasteiger partial charge is 0.337 e. The molecule has 32 heavy (non-hydrogen) atoms. The third-order valence-corrected chi connectivity index (χ3v) is 7.75. The minimum atomic E-state index is -3.50. The molecule has 3 amide bonds. The van der Waals surface area contributed by atoms with Gasteiger partial charge in [-0.15, -0.1) is 0 Å². The second-order valence-electron chi connectivity index (χ2n) is 8.05. The first-order valence-corrected chi connectivity index (χ1v) is 12.4. The molecule has 0 aliphatic carbocycles. The van der Waals surface area contributed by atoms with E-state index >= 15 is 0 Å². The van der Waals surface area contributed by atoms with E-state index in [9.17, 15) is 18.0 Å². The molecule has 0 atom stereocenters. The van der Waals surface area contributed by atoms with Crippen LogP contribution in [0.2, 0.25) is 0 Å². The van der Waals surface area contributed by atoms with Crippen molar-refractivity contribution in [3.05, 3.63) is 54.1 Å². The monoisotopic (exact) mass is 456 g/mol. The fraction of sp³-hybridized carbons (Fsp3) is 0.391. The van der Waals surface area contributed by atoms with E-state index in [0.717, 1.165) is 30.5 Å². The van der Waals surface area contributed by atoms with Crippen molar-refractivity contribution in [1.29, 1.82) is 0 Å². The van der Waals surface area contributed by atoms with Crippen molar-refractivity contribution in [2.45, 2.75) is 37.0 Å². The summed E-state index contributed by atoms with van der Waals surface area (Å²) in [6.07, 6.45) is 3.63. The SMILES string of the molecule is O=C(NCCC(=O)N1CCc2cc(S(=O)(=O)N3CCCCC3)ccc21)Nc1ccccc1. The normalized spacial score (nSPS) is 16.4. The molecule has 9 heteroatoms. The molecule has 4 rings (SSSR count). The van der Waals surface area contributed by atoms with E-state index in [1.807, 2.05) is 18.2 Å². The lowest BCUT2D eigenvalue weighted by atomic mass is 10.2. The first kappa shape index (κ1) is 22.3. The Morgan fingerprint density at radius 1 is 0.938 bits per heavy atom. The molecule has 8 nitrogen and oxygen atoms in total. The molecule has 0 radical (unpaired) electrons. The molecule has 2 aliphatic heterocycles. The predicted molar refractivity (Wildman–Crippen MR) is 123 cm³/mol. The van der Waals surface area contributed by atoms with Gasteiger partial charge < -0.3 is 15.5 Å². The van der Waals surface area contributed by atoms with Crippen molar-refractivity contribution >= 4 is 33.3 Å². The van der Waals surface area contributed by atoms with Crippen LogP contribution in [0.25, 0.3) is 0 Å². The van der Waals surface area contributed by atoms with Crippen LogP contribution in [0.1, 0.15) is 31.2 Å². The second kappa shape index (κ2) is 9.70. The molecule has 0 unspecified atom stereocenters. The van der Waals surface area contributed by atoms with Crippen molar-refractivity contribution in [2.24, 2.45) is 0 Å². The van der Waals surface area contributed by atoms with Gasteiger partial charge in [0.05, 0.1) is 4.90 Å². The van der Waals surface area contributed by atoms with Crippen LogP contribution in [0.5, 0.6) is 0 Å². The number of amides is 3. The van der Waals surface area contributed by atoms with Crippen LogP contribution in [0.15, 0.2) is 53.4 Å². The molecule has 170 valence electrons. The maximum absolute atomic E-state index is 12.9. The highest BCUT2D eigenvalue weighted by Gasteiger charge is 2.29. The Bertz CT molecular complexity index is 1080. The lowest BCUT2D eigenvalue weighted by molar-refractivity contribution is -0.118. The topological polar surface area (TPSA) is 98.8 Å². The number of hydrogen-bond acceptors (Lipinski definition) is 4. The van der Waals surface area contributed by atoms with E-state index in [2.05, 4.69) is 10.6 Å². The zero-order valence-electron chi connectivity index (χ0n) is 17.9. The third-order valence-electron chi connectivity index (χ3n) is 5.86. The fourth-order valence-corrected chi connectivity index (χ4v) is 5.73. The van der Waals surface area contributed by atoms with Crippen LogP contribution in [-0.2, 0) is 21.2 Å². The van der Waals surface area contributed by atoms with E-state index in [1.165, 1.54) is 0 Å². The average Bonchev–Trinajstić information content (AvgIpc) is 3.24. The molecule has 0 bridgehead atoms. The van der Waals surface area contributed by atoms with Gasteiger partial charge in [-0.25, -0.2) is 13.2 Å². The van der Waals surface area contributed by atoms with Crippen molar-refractivity contribution in [2.75, 3.05) is 36.4 Å². The van der Waals surface area contributed by atoms with Crippen LogP contribution >= 0.6 is 0 Å². The average molecular weight is 457 g/mol. The molecule has 2 aliphatic rings. The summed E-state index contributed by atoms with van der Waals surface area (Å²) in [5.41, 5.74) is 2.30. The summed E-state index contributed by atoms with van der Waals surface area (Å²) in [6, 6.07) is 13.8. The van der Waals surface area contributed by atoms with Crippen LogP contribution in [0.3, 0.4) is 0 Å². The molecular weight excluding hydrogens is 428 g/mol. The smallest absolute Gasteiger partial charge is 0.319 e. The summed E-state index contributed by atoms with van der Waals surface area (Å²) >= 11 is 0. The minimum Gasteiger partial charge on any atom is -0.337 e. The summed E-state index contributed by atoms with van der Waals surface area (Å²) in [4.78, 5) is 26.6. The van der Waals surface area contributed by atoms with Gasteiger partial charge in [-0.05, 0) is 55.2 Å². The first-order chi connectivity index (χ1) is 15.4. The quantitative estimate of drug-likeness (QED) is 0.698. The van der Waals surface area contributed by atoms with Gasteiger partial charge in [0.2, 0.25) is 15.9 Å². The fourth-order valence-electron chi connectivity index (χ4n) is 4.17. The van der Waals surface area contributed by atoms with Crippen LogP contribution in [0, 0.1) is 0 Å². The van der Waals surface area contributed by atoms with E-state index in [4.69, 9.17) is 0 Å². The van der Waals surface area contributed by atoms with Crippen molar-refractivity contribution in [3.63, 3.8) is 0 Å². The number of anilines is 2. The zero-order chi connectivity index (χ0) is 22.6. The van der Waals surface area contributed by atoms with Gasteiger partial charge >= 0.3 is 6.03 Å². The third kappa shape index (κ3) is 4.94. The molecule has 0 aromatic heterocycles. The number of carbonyl (C=O) groups is 2. The van der Waals surface area contributed by atoms with Crippen molar-refractivity contribution in [3.8, 4) is 0 Å². The second-order valence-corrected chi connectivity index (χ2v) is 9.99. The van der Waals surface area contributed by atoms with Crippen LogP contribution in [-0.4, -0.2) is 50.8 Å². The lowest BCUT2D eigenvalue weighted by Gasteiger charge is -2.26. The van der Waals surface area contributed by atoms with Gasteiger partial charge in [-0.1, -0.05) is 24.6 Å². The Balaban J connectivity index is 1.34. The van der Waals surface area contributed by atoms with Crippen LogP contribution in [0.4, 0.5) is 16.2 Å². The van der Waals surface area contributed by atoms with E-state index in [1.54, 1.807) is 39.5 Å². The first-order valence-electron chi connectivity index (χ1n) is 11.0. The number of carbonyl (C=O) groups excluding carboxylic acids is 2. The lowest BCUT2D eigenvalue weighted by Crippen LogP contribution is -2.35. The highest BCUT2D eigenvalue weighted by Crippen LogP contribution is 2.32. The summed E-state index contributed by atoms with van der Waals surface area (Å²) < 4.78 is 27.4. The highest BCUT2D eigenvalue weighted by molar-refractivity contribution is 7.89. The van der Waals surface area contributed by atoms with E-state index in [-0.39, 0.29) is 24.9 Å². The van der Waals surface area contributed by atoms with Crippen molar-refractivity contribution in [1.82, 2.24) is 9.62 Å². The molecule has 1 saturated heterocycles. The molecule has 2 aromatic carbocycles. The maximum Gasteiger partial charge on any atom is 0.319 e. The maximum atomic E-state index is 12.9. The number of fused-ring (bicyclic) bond motifs is 1. The Morgan fingerprint density at radius 2 is 1.69 bits per heavy atom. The minimum absolute atomic E-state index is 0.101. The number of benzene rings is 2. The molecule has 0 saturated carbocycles. The molecular formula is C23H28N4O4S. The Morgan fingerprint density at radius 3 is 2.44 bits per heavy atom. The Kier molecular flexibility index (Phi) is 6.76. The number of nitrogens with one attached hydrogen (secondary N) is 2. The van der Waals surface area contributed by atoms with E-state index < -0.39 is 10.0 Å². The number of piperidine rings is 1. The summed E-state index contributed by atoms with van der Waals surface area (Å²) in [5.74, 6) is -0.101. The predicted octanol–water partition coefficient (Wildman–Crippen LogP) is 2.96. The van der Waals surface area contributed by atoms with Crippen molar-refractivity contribution < 1.29 is 18.0 Å². The standard InChI is InChI=1S/C23H28N4O4S/c28-22(11-13-24-23(29)25-19-7-3-1-4-8-19)27-16-12-18-17-20(9-10-21(18)27)32(30,31)26-14-5-2-6-15-26/h1,3-4,7-10,17H,2,5-6,11-16H2,(H2,24,25,29). The highest BCUT2D eigenvalue weighted by atomic mass is 32.2. The van der Waals surface area contributed by atoms with Gasteiger partial charge in [0.1, 0.15) is 0 Å². The van der Waals surface area contributed by atoms with Crippen LogP contribution < -0.4 is 15.5 Å². The molecule has 0 spiro atoms. The Hall–Kier alpha value is -2.91. The number of sulfonamides is 1. The number of urea groups is 1. The zero-order valence-corrected chi connectivity index (χ0v) is 18.7. The molecule has 2 heterocycles. The van der Waals surface area contributed by atoms with E-state index in [0.29, 0.717) is 36.6 Å².